The SMILES string of the molecule is CC[C@@H]1[NH2+]CCc2sccc21. The average Bonchev–Trinajstić information content (AvgIpc) is 2.50. The number of fused-ring (bicyclic) bond motifs is 1. The molecular weight excluding hydrogens is 154 g/mol. The minimum Gasteiger partial charge on any atom is -0.340 e. The molecule has 0 saturated heterocycles. The van der Waals surface area contributed by atoms with E-state index >= 15 is 0 Å². The summed E-state index contributed by atoms with van der Waals surface area (Å²) in [5.41, 5.74) is 1.60. The lowest BCUT2D eigenvalue weighted by atomic mass is 10.0. The Bertz CT molecular complexity index is 241. The fourth-order valence-electron chi connectivity index (χ4n) is 1.81. The normalized spacial score (nSPS) is 23.2. The third-order valence-corrected chi connectivity index (χ3v) is 3.44. The minimum atomic E-state index is 0.755. The van der Waals surface area contributed by atoms with E-state index in [1.807, 2.05) is 11.3 Å². The van der Waals surface area contributed by atoms with Crippen LogP contribution in [0.15, 0.2) is 11.4 Å². The standard InChI is InChI=1S/C9H13NS/c1-2-8-7-4-6-11-9(7)3-5-10-8/h4,6,8,10H,2-3,5H2,1H3/p+1/t8-/m0/s1. The van der Waals surface area contributed by atoms with Gasteiger partial charge in [-0.25, -0.2) is 0 Å². The Kier molecular flexibility index (Phi) is 1.96. The zero-order chi connectivity index (χ0) is 7.68. The van der Waals surface area contributed by atoms with Gasteiger partial charge in [-0.15, -0.1) is 11.3 Å². The Hall–Kier alpha value is -0.340. The van der Waals surface area contributed by atoms with Crippen molar-refractivity contribution < 1.29 is 5.32 Å². The lowest BCUT2D eigenvalue weighted by Crippen LogP contribution is -2.87. The van der Waals surface area contributed by atoms with Crippen molar-refractivity contribution in [3.05, 3.63) is 21.9 Å². The number of quaternary nitrogens is 1. The summed E-state index contributed by atoms with van der Waals surface area (Å²) in [6, 6.07) is 3.05. The Morgan fingerprint density at radius 1 is 1.73 bits per heavy atom. The van der Waals surface area contributed by atoms with E-state index in [0.717, 1.165) is 6.04 Å². The summed E-state index contributed by atoms with van der Waals surface area (Å²) < 4.78 is 0. The second-order valence-corrected chi connectivity index (χ2v) is 4.09. The van der Waals surface area contributed by atoms with Crippen molar-refractivity contribution in [3.63, 3.8) is 0 Å². The molecule has 2 heteroatoms. The molecule has 2 N–H and O–H groups in total. The van der Waals surface area contributed by atoms with Crippen molar-refractivity contribution in [1.29, 1.82) is 0 Å². The molecule has 1 nitrogen and oxygen atoms in total. The van der Waals surface area contributed by atoms with Crippen molar-refractivity contribution in [3.8, 4) is 0 Å². The molecule has 1 atom stereocenters. The quantitative estimate of drug-likeness (QED) is 0.651. The molecule has 1 aromatic heterocycles. The topological polar surface area (TPSA) is 16.6 Å². The Balaban J connectivity index is 2.32. The van der Waals surface area contributed by atoms with E-state index in [0.29, 0.717) is 0 Å². The molecule has 60 valence electrons. The predicted molar refractivity (Wildman–Crippen MR) is 47.8 cm³/mol. The largest absolute Gasteiger partial charge is 0.340 e. The highest BCUT2D eigenvalue weighted by molar-refractivity contribution is 7.10. The summed E-state index contributed by atoms with van der Waals surface area (Å²) >= 11 is 1.92. The molecule has 0 unspecified atom stereocenters. The zero-order valence-electron chi connectivity index (χ0n) is 6.84. The molecule has 1 aliphatic rings. The number of thiophene rings is 1. The van der Waals surface area contributed by atoms with Crippen LogP contribution in [-0.4, -0.2) is 6.54 Å². The van der Waals surface area contributed by atoms with Crippen LogP contribution in [0.25, 0.3) is 0 Å². The van der Waals surface area contributed by atoms with Gasteiger partial charge in [-0.3, -0.25) is 0 Å². The van der Waals surface area contributed by atoms with Gasteiger partial charge in [0.1, 0.15) is 6.04 Å². The van der Waals surface area contributed by atoms with Crippen molar-refractivity contribution in [2.45, 2.75) is 25.8 Å². The summed E-state index contributed by atoms with van der Waals surface area (Å²) in [4.78, 5) is 1.62. The summed E-state index contributed by atoms with van der Waals surface area (Å²) in [6.45, 7) is 3.56. The third kappa shape index (κ3) is 1.21. The van der Waals surface area contributed by atoms with Gasteiger partial charge in [-0.2, -0.15) is 0 Å². The van der Waals surface area contributed by atoms with Gasteiger partial charge in [0.05, 0.1) is 6.54 Å². The van der Waals surface area contributed by atoms with E-state index in [1.54, 1.807) is 10.4 Å². The van der Waals surface area contributed by atoms with Crippen molar-refractivity contribution >= 4 is 11.3 Å². The van der Waals surface area contributed by atoms with E-state index in [1.165, 1.54) is 19.4 Å². The van der Waals surface area contributed by atoms with Crippen LogP contribution in [0, 0.1) is 0 Å². The lowest BCUT2D eigenvalue weighted by Gasteiger charge is -2.19. The summed E-state index contributed by atoms with van der Waals surface area (Å²) in [5, 5.41) is 4.70. The molecule has 1 aliphatic heterocycles. The summed E-state index contributed by atoms with van der Waals surface area (Å²) in [7, 11) is 0. The fourth-order valence-corrected chi connectivity index (χ4v) is 2.78. The lowest BCUT2D eigenvalue weighted by molar-refractivity contribution is -0.699. The van der Waals surface area contributed by atoms with Gasteiger partial charge in [0.2, 0.25) is 0 Å². The van der Waals surface area contributed by atoms with Crippen molar-refractivity contribution in [2.24, 2.45) is 0 Å². The highest BCUT2D eigenvalue weighted by Crippen LogP contribution is 2.25. The summed E-state index contributed by atoms with van der Waals surface area (Å²) in [5.74, 6) is 0. The fraction of sp³-hybridized carbons (Fsp3) is 0.556. The van der Waals surface area contributed by atoms with Gasteiger partial charge in [0.15, 0.2) is 0 Å². The van der Waals surface area contributed by atoms with Crippen LogP contribution >= 0.6 is 11.3 Å². The first kappa shape index (κ1) is 7.32. The monoisotopic (exact) mass is 168 g/mol. The molecule has 0 amide bonds. The van der Waals surface area contributed by atoms with Crippen molar-refractivity contribution in [2.75, 3.05) is 6.54 Å². The van der Waals surface area contributed by atoms with Crippen LogP contribution in [0.1, 0.15) is 29.8 Å². The Labute approximate surface area is 71.4 Å². The first-order valence-corrected chi connectivity index (χ1v) is 5.19. The average molecular weight is 168 g/mol. The number of hydrogen-bond donors (Lipinski definition) is 1. The first-order valence-electron chi connectivity index (χ1n) is 4.31. The zero-order valence-corrected chi connectivity index (χ0v) is 7.66. The van der Waals surface area contributed by atoms with Crippen LogP contribution in [0.3, 0.4) is 0 Å². The van der Waals surface area contributed by atoms with Crippen LogP contribution in [-0.2, 0) is 6.42 Å². The highest BCUT2D eigenvalue weighted by Gasteiger charge is 2.21. The molecule has 0 saturated carbocycles. The van der Waals surface area contributed by atoms with Gasteiger partial charge in [0.25, 0.3) is 0 Å². The molecule has 0 aromatic carbocycles. The van der Waals surface area contributed by atoms with Crippen LogP contribution in [0.4, 0.5) is 0 Å². The van der Waals surface area contributed by atoms with E-state index in [4.69, 9.17) is 0 Å². The van der Waals surface area contributed by atoms with Gasteiger partial charge in [0, 0.05) is 23.3 Å². The smallest absolute Gasteiger partial charge is 0.112 e. The molecular formula is C9H14NS+. The second-order valence-electron chi connectivity index (χ2n) is 3.09. The van der Waals surface area contributed by atoms with Crippen LogP contribution < -0.4 is 5.32 Å². The maximum absolute atomic E-state index is 2.47. The minimum absolute atomic E-state index is 0.755. The Morgan fingerprint density at radius 3 is 3.45 bits per heavy atom. The molecule has 2 heterocycles. The molecule has 0 radical (unpaired) electrons. The Morgan fingerprint density at radius 2 is 2.64 bits per heavy atom. The predicted octanol–water partition coefficient (Wildman–Crippen LogP) is 1.32. The first-order chi connectivity index (χ1) is 5.42. The van der Waals surface area contributed by atoms with Gasteiger partial charge in [-0.1, -0.05) is 6.92 Å². The van der Waals surface area contributed by atoms with Gasteiger partial charge < -0.3 is 5.32 Å². The number of rotatable bonds is 1. The molecule has 0 spiro atoms. The maximum Gasteiger partial charge on any atom is 0.112 e. The van der Waals surface area contributed by atoms with Crippen LogP contribution in [0.2, 0.25) is 0 Å². The number of nitrogens with two attached hydrogens (primary N) is 1. The molecule has 0 aliphatic carbocycles. The van der Waals surface area contributed by atoms with Gasteiger partial charge >= 0.3 is 0 Å². The second kappa shape index (κ2) is 2.95. The van der Waals surface area contributed by atoms with Gasteiger partial charge in [-0.05, 0) is 11.4 Å². The molecule has 11 heavy (non-hydrogen) atoms. The molecule has 2 rings (SSSR count). The summed E-state index contributed by atoms with van der Waals surface area (Å²) in [6.07, 6.45) is 2.55. The molecule has 0 fully saturated rings. The highest BCUT2D eigenvalue weighted by atomic mass is 32.1. The van der Waals surface area contributed by atoms with E-state index < -0.39 is 0 Å². The van der Waals surface area contributed by atoms with E-state index in [2.05, 4.69) is 23.7 Å². The molecule has 1 aromatic rings. The van der Waals surface area contributed by atoms with Crippen molar-refractivity contribution in [1.82, 2.24) is 0 Å². The van der Waals surface area contributed by atoms with E-state index in [9.17, 15) is 0 Å². The molecule has 0 bridgehead atoms. The third-order valence-electron chi connectivity index (χ3n) is 2.44. The van der Waals surface area contributed by atoms with E-state index in [-0.39, 0.29) is 0 Å². The van der Waals surface area contributed by atoms with Crippen LogP contribution in [0.5, 0.6) is 0 Å². The number of hydrogen-bond acceptors (Lipinski definition) is 1. The maximum atomic E-state index is 2.47.